The number of rotatable bonds is 5. The van der Waals surface area contributed by atoms with Gasteiger partial charge in [0.15, 0.2) is 6.04 Å². The fourth-order valence-electron chi connectivity index (χ4n) is 2.55. The zero-order valence-electron chi connectivity index (χ0n) is 11.4. The summed E-state index contributed by atoms with van der Waals surface area (Å²) in [5.74, 6) is -0.381. The van der Waals surface area contributed by atoms with Crippen molar-refractivity contribution in [1.29, 1.82) is 0 Å². The highest BCUT2D eigenvalue weighted by atomic mass is 16.5. The Morgan fingerprint density at radius 1 is 1.50 bits per heavy atom. The summed E-state index contributed by atoms with van der Waals surface area (Å²) < 4.78 is 5.30. The number of piperazine rings is 1. The van der Waals surface area contributed by atoms with Crippen molar-refractivity contribution in [2.24, 2.45) is 0 Å². The van der Waals surface area contributed by atoms with Gasteiger partial charge < -0.3 is 20.1 Å². The standard InChI is InChI=1S/C14H18N2O4/c1-20-12-5-3-2-4-10(12)9-16-7-6-15-14(19)11(16)8-13(17)18/h2-5,11H,6-9H2,1H3,(H,15,19)(H,17,18)/p+1/t11-/m1/s1. The minimum Gasteiger partial charge on any atom is -0.496 e. The van der Waals surface area contributed by atoms with E-state index in [4.69, 9.17) is 9.84 Å². The molecule has 0 aliphatic carbocycles. The monoisotopic (exact) mass is 279 g/mol. The van der Waals surface area contributed by atoms with Gasteiger partial charge in [0.2, 0.25) is 0 Å². The van der Waals surface area contributed by atoms with Crippen LogP contribution in [0, 0.1) is 0 Å². The second-order valence-corrected chi connectivity index (χ2v) is 4.84. The molecule has 1 amide bonds. The van der Waals surface area contributed by atoms with E-state index in [1.54, 1.807) is 7.11 Å². The molecule has 1 fully saturated rings. The molecule has 6 nitrogen and oxygen atoms in total. The number of amides is 1. The third kappa shape index (κ3) is 3.27. The first-order chi connectivity index (χ1) is 9.61. The SMILES string of the molecule is COc1ccccc1C[NH+]1CCNC(=O)[C@H]1CC(=O)O. The van der Waals surface area contributed by atoms with Gasteiger partial charge in [-0.2, -0.15) is 0 Å². The van der Waals surface area contributed by atoms with Crippen LogP contribution in [0.3, 0.4) is 0 Å². The van der Waals surface area contributed by atoms with Crippen molar-refractivity contribution in [2.45, 2.75) is 19.0 Å². The van der Waals surface area contributed by atoms with Crippen molar-refractivity contribution in [2.75, 3.05) is 20.2 Å². The maximum Gasteiger partial charge on any atom is 0.309 e. The van der Waals surface area contributed by atoms with Gasteiger partial charge in [-0.1, -0.05) is 12.1 Å². The number of carbonyl (C=O) groups is 2. The fraction of sp³-hybridized carbons (Fsp3) is 0.429. The molecule has 0 radical (unpaired) electrons. The average Bonchev–Trinajstić information content (AvgIpc) is 2.43. The number of ether oxygens (including phenoxy) is 1. The van der Waals surface area contributed by atoms with Crippen molar-refractivity contribution in [3.8, 4) is 5.75 Å². The average molecular weight is 279 g/mol. The van der Waals surface area contributed by atoms with Gasteiger partial charge in [-0.15, -0.1) is 0 Å². The molecule has 1 saturated heterocycles. The van der Waals surface area contributed by atoms with E-state index in [0.29, 0.717) is 19.6 Å². The number of hydrogen-bond donors (Lipinski definition) is 3. The van der Waals surface area contributed by atoms with E-state index in [0.717, 1.165) is 16.2 Å². The molecular formula is C14H19N2O4+. The lowest BCUT2D eigenvalue weighted by molar-refractivity contribution is -0.930. The van der Waals surface area contributed by atoms with Crippen LogP contribution in [0.1, 0.15) is 12.0 Å². The maximum atomic E-state index is 11.9. The highest BCUT2D eigenvalue weighted by Gasteiger charge is 2.35. The minimum atomic E-state index is -0.954. The quantitative estimate of drug-likeness (QED) is 0.649. The van der Waals surface area contributed by atoms with Gasteiger partial charge in [0, 0.05) is 5.56 Å². The summed E-state index contributed by atoms with van der Waals surface area (Å²) in [7, 11) is 1.60. The van der Waals surface area contributed by atoms with E-state index in [-0.39, 0.29) is 12.3 Å². The topological polar surface area (TPSA) is 80.1 Å². The number of carboxylic acids is 1. The number of para-hydroxylation sites is 1. The maximum absolute atomic E-state index is 11.9. The van der Waals surface area contributed by atoms with Crippen LogP contribution < -0.4 is 15.0 Å². The third-order valence-corrected chi connectivity index (χ3v) is 3.54. The molecule has 1 aliphatic heterocycles. The van der Waals surface area contributed by atoms with Crippen LogP contribution in [0.4, 0.5) is 0 Å². The van der Waals surface area contributed by atoms with E-state index in [9.17, 15) is 9.59 Å². The van der Waals surface area contributed by atoms with Crippen LogP contribution in [0.5, 0.6) is 5.75 Å². The van der Waals surface area contributed by atoms with Gasteiger partial charge in [0.05, 0.1) is 20.2 Å². The minimum absolute atomic E-state index is 0.156. The Kier molecular flexibility index (Phi) is 4.57. The lowest BCUT2D eigenvalue weighted by Gasteiger charge is -2.31. The van der Waals surface area contributed by atoms with Gasteiger partial charge >= 0.3 is 5.97 Å². The van der Waals surface area contributed by atoms with Crippen molar-refractivity contribution in [1.82, 2.24) is 5.32 Å². The number of nitrogens with one attached hydrogen (secondary N) is 2. The Hall–Kier alpha value is -2.08. The van der Waals surface area contributed by atoms with Gasteiger partial charge in [0.25, 0.3) is 5.91 Å². The fourth-order valence-corrected chi connectivity index (χ4v) is 2.55. The summed E-state index contributed by atoms with van der Waals surface area (Å²) in [4.78, 5) is 23.7. The van der Waals surface area contributed by atoms with E-state index >= 15 is 0 Å². The molecule has 6 heteroatoms. The summed E-state index contributed by atoms with van der Waals surface area (Å²) in [5, 5.41) is 11.7. The Bertz CT molecular complexity index is 504. The smallest absolute Gasteiger partial charge is 0.309 e. The lowest BCUT2D eigenvalue weighted by atomic mass is 10.1. The molecule has 0 saturated carbocycles. The van der Waals surface area contributed by atoms with Gasteiger partial charge in [-0.3, -0.25) is 9.59 Å². The van der Waals surface area contributed by atoms with E-state index in [2.05, 4.69) is 5.32 Å². The van der Waals surface area contributed by atoms with E-state index in [1.807, 2.05) is 24.3 Å². The van der Waals surface area contributed by atoms with Crippen LogP contribution in [0.25, 0.3) is 0 Å². The summed E-state index contributed by atoms with van der Waals surface area (Å²) in [6, 6.07) is 7.05. The Labute approximate surface area is 117 Å². The summed E-state index contributed by atoms with van der Waals surface area (Å²) in [6.07, 6.45) is -0.156. The van der Waals surface area contributed by atoms with Crippen LogP contribution in [0.2, 0.25) is 0 Å². The molecule has 2 rings (SSSR count). The summed E-state index contributed by atoms with van der Waals surface area (Å²) in [5.41, 5.74) is 0.982. The molecule has 0 spiro atoms. The number of methoxy groups -OCH3 is 1. The molecule has 20 heavy (non-hydrogen) atoms. The molecule has 108 valence electrons. The van der Waals surface area contributed by atoms with Gasteiger partial charge in [0.1, 0.15) is 18.7 Å². The molecule has 0 aromatic heterocycles. The Morgan fingerprint density at radius 3 is 2.95 bits per heavy atom. The second kappa shape index (κ2) is 6.38. The number of carbonyl (C=O) groups excluding carboxylic acids is 1. The molecule has 1 aromatic rings. The molecule has 1 aromatic carbocycles. The Balaban J connectivity index is 2.16. The normalized spacial score (nSPS) is 22.1. The number of carboxylic acid groups (broad SMARTS) is 1. The summed E-state index contributed by atoms with van der Waals surface area (Å²) in [6.45, 7) is 1.86. The highest BCUT2D eigenvalue weighted by Crippen LogP contribution is 2.16. The molecule has 2 atom stereocenters. The molecule has 3 N–H and O–H groups in total. The highest BCUT2D eigenvalue weighted by molar-refractivity contribution is 5.85. The molecule has 1 unspecified atom stereocenters. The molecule has 1 aliphatic rings. The van der Waals surface area contributed by atoms with Crippen molar-refractivity contribution in [3.63, 3.8) is 0 Å². The lowest BCUT2D eigenvalue weighted by Crippen LogP contribution is -3.18. The second-order valence-electron chi connectivity index (χ2n) is 4.84. The molecular weight excluding hydrogens is 260 g/mol. The first-order valence-corrected chi connectivity index (χ1v) is 6.57. The van der Waals surface area contributed by atoms with Gasteiger partial charge in [-0.05, 0) is 12.1 Å². The summed E-state index contributed by atoms with van der Waals surface area (Å²) >= 11 is 0. The number of aliphatic carboxylic acids is 1. The van der Waals surface area contributed by atoms with Crippen LogP contribution in [-0.4, -0.2) is 43.2 Å². The van der Waals surface area contributed by atoms with Gasteiger partial charge in [-0.25, -0.2) is 0 Å². The predicted molar refractivity (Wildman–Crippen MR) is 71.6 cm³/mol. The Morgan fingerprint density at radius 2 is 2.25 bits per heavy atom. The van der Waals surface area contributed by atoms with E-state index in [1.165, 1.54) is 0 Å². The predicted octanol–water partition coefficient (Wildman–Crippen LogP) is -0.947. The van der Waals surface area contributed by atoms with E-state index < -0.39 is 12.0 Å². The van der Waals surface area contributed by atoms with Crippen molar-refractivity contribution >= 4 is 11.9 Å². The number of hydrogen-bond acceptors (Lipinski definition) is 3. The van der Waals surface area contributed by atoms with Crippen LogP contribution in [-0.2, 0) is 16.1 Å². The van der Waals surface area contributed by atoms with Crippen LogP contribution in [0.15, 0.2) is 24.3 Å². The van der Waals surface area contributed by atoms with Crippen LogP contribution >= 0.6 is 0 Å². The number of quaternary nitrogens is 1. The zero-order chi connectivity index (χ0) is 14.5. The first-order valence-electron chi connectivity index (χ1n) is 6.57. The van der Waals surface area contributed by atoms with Crippen molar-refractivity contribution < 1.29 is 24.3 Å². The largest absolute Gasteiger partial charge is 0.496 e. The molecule has 1 heterocycles. The van der Waals surface area contributed by atoms with Crippen molar-refractivity contribution in [3.05, 3.63) is 29.8 Å². The third-order valence-electron chi connectivity index (χ3n) is 3.54. The number of benzene rings is 1. The molecule has 0 bridgehead atoms. The zero-order valence-corrected chi connectivity index (χ0v) is 11.4. The first kappa shape index (κ1) is 14.3.